The highest BCUT2D eigenvalue weighted by atomic mass is 16.1. The average Bonchev–Trinajstić information content (AvgIpc) is 2.25. The predicted molar refractivity (Wildman–Crippen MR) is 51.3 cm³/mol. The first kappa shape index (κ1) is 8.02. The van der Waals surface area contributed by atoms with Crippen molar-refractivity contribution in [3.63, 3.8) is 0 Å². The second kappa shape index (κ2) is 2.02. The molecule has 0 amide bonds. The van der Waals surface area contributed by atoms with Crippen molar-refractivity contribution in [3.05, 3.63) is 0 Å². The Morgan fingerprint density at radius 3 is 2.15 bits per heavy atom. The Bertz CT molecular complexity index is 263. The molecule has 72 valence electrons. The van der Waals surface area contributed by atoms with Crippen molar-refractivity contribution in [2.75, 3.05) is 0 Å². The van der Waals surface area contributed by atoms with Crippen LogP contribution in [0.1, 0.15) is 46.0 Å². The van der Waals surface area contributed by atoms with Gasteiger partial charge in [-0.3, -0.25) is 4.79 Å². The fourth-order valence-corrected chi connectivity index (χ4v) is 4.54. The Morgan fingerprint density at radius 1 is 1.15 bits per heavy atom. The molecule has 2 unspecified atom stereocenters. The molecular weight excluding hydrogens is 160 g/mol. The molecule has 0 aromatic carbocycles. The van der Waals surface area contributed by atoms with Gasteiger partial charge < -0.3 is 0 Å². The number of hydrogen-bond donors (Lipinski definition) is 0. The van der Waals surface area contributed by atoms with E-state index in [-0.39, 0.29) is 0 Å². The molecule has 0 radical (unpaired) electrons. The highest BCUT2D eigenvalue weighted by molar-refractivity contribution is 5.83. The molecule has 0 aromatic rings. The average molecular weight is 178 g/mol. The van der Waals surface area contributed by atoms with Gasteiger partial charge in [0.1, 0.15) is 5.78 Å². The standard InChI is InChI=1S/C12H18O/c1-11-3-4-12(2)7-8(6-11)9(13)5-10(11)12/h8,10H,3-7H2,1-2H3/t8?,10?,11-,12+. The van der Waals surface area contributed by atoms with Gasteiger partial charge in [-0.25, -0.2) is 0 Å². The number of fused-ring (bicyclic) bond motifs is 1. The summed E-state index contributed by atoms with van der Waals surface area (Å²) in [5.41, 5.74) is 1.07. The van der Waals surface area contributed by atoms with Gasteiger partial charge in [-0.2, -0.15) is 0 Å². The molecule has 1 nitrogen and oxygen atoms in total. The monoisotopic (exact) mass is 178 g/mol. The molecule has 4 aliphatic carbocycles. The zero-order valence-electron chi connectivity index (χ0n) is 8.60. The topological polar surface area (TPSA) is 17.1 Å². The van der Waals surface area contributed by atoms with Crippen molar-refractivity contribution in [1.29, 1.82) is 0 Å². The van der Waals surface area contributed by atoms with Gasteiger partial charge in [0.15, 0.2) is 0 Å². The van der Waals surface area contributed by atoms with E-state index in [9.17, 15) is 4.79 Å². The third-order valence-corrected chi connectivity index (χ3v) is 5.24. The molecule has 0 N–H and O–H groups in total. The first-order valence-electron chi connectivity index (χ1n) is 5.56. The maximum absolute atomic E-state index is 11.7. The number of rotatable bonds is 0. The second-order valence-electron chi connectivity index (χ2n) is 6.14. The van der Waals surface area contributed by atoms with Crippen LogP contribution in [0.5, 0.6) is 0 Å². The summed E-state index contributed by atoms with van der Waals surface area (Å²) >= 11 is 0. The Morgan fingerprint density at radius 2 is 1.69 bits per heavy atom. The van der Waals surface area contributed by atoms with Gasteiger partial charge in [-0.15, -0.1) is 0 Å². The van der Waals surface area contributed by atoms with Crippen LogP contribution >= 0.6 is 0 Å². The van der Waals surface area contributed by atoms with E-state index in [1.165, 1.54) is 25.7 Å². The minimum absolute atomic E-state index is 0.433. The minimum atomic E-state index is 0.433. The predicted octanol–water partition coefficient (Wildman–Crippen LogP) is 2.79. The smallest absolute Gasteiger partial charge is 0.136 e. The zero-order chi connectivity index (χ0) is 9.27. The Balaban J connectivity index is 2.07. The van der Waals surface area contributed by atoms with Gasteiger partial charge in [0, 0.05) is 12.3 Å². The molecule has 4 aliphatic rings. The van der Waals surface area contributed by atoms with Gasteiger partial charge in [0.25, 0.3) is 0 Å². The summed E-state index contributed by atoms with van der Waals surface area (Å²) in [6, 6.07) is 0. The summed E-state index contributed by atoms with van der Waals surface area (Å²) in [5.74, 6) is 1.72. The normalized spacial score (nSPS) is 58.8. The molecule has 0 aromatic heterocycles. The van der Waals surface area contributed by atoms with Crippen molar-refractivity contribution in [1.82, 2.24) is 0 Å². The summed E-state index contributed by atoms with van der Waals surface area (Å²) in [5, 5.41) is 0. The summed E-state index contributed by atoms with van der Waals surface area (Å²) in [6.45, 7) is 4.84. The van der Waals surface area contributed by atoms with Crippen LogP contribution in [-0.4, -0.2) is 5.78 Å². The molecule has 0 heterocycles. The van der Waals surface area contributed by atoms with Gasteiger partial charge in [0.05, 0.1) is 0 Å². The summed E-state index contributed by atoms with van der Waals surface area (Å²) in [4.78, 5) is 11.7. The number of hydrogen-bond acceptors (Lipinski definition) is 1. The second-order valence-corrected chi connectivity index (χ2v) is 6.14. The zero-order valence-corrected chi connectivity index (χ0v) is 8.60. The fourth-order valence-electron chi connectivity index (χ4n) is 4.54. The molecule has 1 heteroatoms. The van der Waals surface area contributed by atoms with E-state index in [1.54, 1.807) is 0 Å². The lowest BCUT2D eigenvalue weighted by Gasteiger charge is -2.52. The summed E-state index contributed by atoms with van der Waals surface area (Å²) < 4.78 is 0. The third kappa shape index (κ3) is 0.812. The Kier molecular flexibility index (Phi) is 1.24. The first-order valence-corrected chi connectivity index (χ1v) is 5.56. The molecule has 13 heavy (non-hydrogen) atoms. The van der Waals surface area contributed by atoms with Crippen molar-refractivity contribution in [2.24, 2.45) is 22.7 Å². The Hall–Kier alpha value is -0.330. The van der Waals surface area contributed by atoms with E-state index in [0.29, 0.717) is 22.5 Å². The quantitative estimate of drug-likeness (QED) is 0.557. The van der Waals surface area contributed by atoms with Gasteiger partial charge in [-0.1, -0.05) is 13.8 Å². The SMILES string of the molecule is C[C@]12CC[C@]3(C)CC(C1)C(=O)CC23. The lowest BCUT2D eigenvalue weighted by Crippen LogP contribution is -2.48. The van der Waals surface area contributed by atoms with E-state index in [2.05, 4.69) is 13.8 Å². The largest absolute Gasteiger partial charge is 0.299 e. The molecule has 0 spiro atoms. The first-order chi connectivity index (χ1) is 6.04. The Labute approximate surface area is 79.9 Å². The van der Waals surface area contributed by atoms with Gasteiger partial charge >= 0.3 is 0 Å². The van der Waals surface area contributed by atoms with E-state index in [1.807, 2.05) is 0 Å². The van der Waals surface area contributed by atoms with Crippen molar-refractivity contribution < 1.29 is 4.79 Å². The molecule has 4 fully saturated rings. The lowest BCUT2D eigenvalue weighted by atomic mass is 9.51. The van der Waals surface area contributed by atoms with Crippen LogP contribution in [0.3, 0.4) is 0 Å². The fraction of sp³-hybridized carbons (Fsp3) is 0.917. The van der Waals surface area contributed by atoms with Crippen LogP contribution in [0.25, 0.3) is 0 Å². The lowest BCUT2D eigenvalue weighted by molar-refractivity contribution is -0.141. The molecular formula is C12H18O. The molecule has 4 bridgehead atoms. The van der Waals surface area contributed by atoms with Crippen LogP contribution in [0, 0.1) is 22.7 Å². The molecule has 4 atom stereocenters. The van der Waals surface area contributed by atoms with Crippen LogP contribution in [0.2, 0.25) is 0 Å². The molecule has 4 rings (SSSR count). The molecule has 4 saturated carbocycles. The molecule has 0 aliphatic heterocycles. The van der Waals surface area contributed by atoms with Crippen molar-refractivity contribution in [3.8, 4) is 0 Å². The van der Waals surface area contributed by atoms with Gasteiger partial charge in [0.2, 0.25) is 0 Å². The van der Waals surface area contributed by atoms with Gasteiger partial charge in [-0.05, 0) is 42.4 Å². The van der Waals surface area contributed by atoms with E-state index in [4.69, 9.17) is 0 Å². The van der Waals surface area contributed by atoms with E-state index >= 15 is 0 Å². The summed E-state index contributed by atoms with van der Waals surface area (Å²) in [6.07, 6.45) is 6.05. The van der Waals surface area contributed by atoms with Crippen molar-refractivity contribution in [2.45, 2.75) is 46.0 Å². The third-order valence-electron chi connectivity index (χ3n) is 5.24. The number of carbonyl (C=O) groups is 1. The number of carbonyl (C=O) groups excluding carboxylic acids is 1. The maximum atomic E-state index is 11.7. The van der Waals surface area contributed by atoms with Crippen molar-refractivity contribution >= 4 is 5.78 Å². The van der Waals surface area contributed by atoms with E-state index < -0.39 is 0 Å². The summed E-state index contributed by atoms with van der Waals surface area (Å²) in [7, 11) is 0. The number of ketones is 1. The number of Topliss-reactive ketones (excluding diaryl/α,β-unsaturated/α-hetero) is 1. The van der Waals surface area contributed by atoms with Crippen LogP contribution in [0.15, 0.2) is 0 Å². The molecule has 0 saturated heterocycles. The van der Waals surface area contributed by atoms with E-state index in [0.717, 1.165) is 12.3 Å². The van der Waals surface area contributed by atoms with Crippen LogP contribution in [0.4, 0.5) is 0 Å². The van der Waals surface area contributed by atoms with Crippen LogP contribution < -0.4 is 0 Å². The maximum Gasteiger partial charge on any atom is 0.136 e. The van der Waals surface area contributed by atoms with Crippen LogP contribution in [-0.2, 0) is 4.79 Å². The highest BCUT2D eigenvalue weighted by Gasteiger charge is 2.61. The highest BCUT2D eigenvalue weighted by Crippen LogP contribution is 2.67. The minimum Gasteiger partial charge on any atom is -0.299 e.